The van der Waals surface area contributed by atoms with Gasteiger partial charge >= 0.3 is 6.09 Å². The Kier molecular flexibility index (Phi) is 3.86. The first-order chi connectivity index (χ1) is 10.8. The Bertz CT molecular complexity index is 878. The fourth-order valence-corrected chi connectivity index (χ4v) is 2.60. The molecule has 0 aliphatic rings. The van der Waals surface area contributed by atoms with Crippen LogP contribution in [-0.2, 0) is 4.74 Å². The third-order valence-corrected chi connectivity index (χ3v) is 3.49. The van der Waals surface area contributed by atoms with E-state index in [-0.39, 0.29) is 0 Å². The number of ether oxygens (including phenoxy) is 1. The number of hydrogen-bond acceptors (Lipinski definition) is 3. The summed E-state index contributed by atoms with van der Waals surface area (Å²) in [6.07, 6.45) is 2.82. The van der Waals surface area contributed by atoms with Crippen LogP contribution in [0, 0.1) is 0 Å². The van der Waals surface area contributed by atoms with Gasteiger partial charge in [0.25, 0.3) is 0 Å². The summed E-state index contributed by atoms with van der Waals surface area (Å²) in [7, 11) is 0. The van der Waals surface area contributed by atoms with E-state index in [9.17, 15) is 4.79 Å². The van der Waals surface area contributed by atoms with Crippen LogP contribution in [0.2, 0.25) is 5.02 Å². The molecule has 2 heterocycles. The number of carbonyl (C=O) groups excluding carboxylic acids is 1. The van der Waals surface area contributed by atoms with Crippen molar-refractivity contribution in [3.8, 4) is 11.3 Å². The Morgan fingerprint density at radius 2 is 1.91 bits per heavy atom. The number of fused-ring (bicyclic) bond motifs is 1. The highest BCUT2D eigenvalue weighted by Gasteiger charge is 2.22. The molecule has 2 aromatic heterocycles. The average molecular weight is 329 g/mol. The first kappa shape index (κ1) is 15.6. The van der Waals surface area contributed by atoms with Crippen LogP contribution in [0.3, 0.4) is 0 Å². The second-order valence-corrected chi connectivity index (χ2v) is 6.73. The number of benzene rings is 1. The Balaban J connectivity index is 2.21. The molecule has 0 bridgehead atoms. The van der Waals surface area contributed by atoms with Crippen LogP contribution in [0.25, 0.3) is 22.2 Å². The molecular weight excluding hydrogens is 312 g/mol. The zero-order valence-electron chi connectivity index (χ0n) is 13.2. The van der Waals surface area contributed by atoms with Crippen molar-refractivity contribution < 1.29 is 9.53 Å². The maximum absolute atomic E-state index is 12.7. The molecule has 0 saturated carbocycles. The number of para-hydroxylation sites is 1. The van der Waals surface area contributed by atoms with Gasteiger partial charge in [-0.25, -0.2) is 9.36 Å². The Morgan fingerprint density at radius 1 is 1.17 bits per heavy atom. The second-order valence-electron chi connectivity index (χ2n) is 6.30. The topological polar surface area (TPSA) is 44.1 Å². The van der Waals surface area contributed by atoms with Gasteiger partial charge in [0.2, 0.25) is 0 Å². The first-order valence-electron chi connectivity index (χ1n) is 7.30. The fraction of sp³-hybridized carbons (Fsp3) is 0.222. The van der Waals surface area contributed by atoms with Crippen molar-refractivity contribution in [3.63, 3.8) is 0 Å². The molecule has 0 atom stereocenters. The predicted molar refractivity (Wildman–Crippen MR) is 91.8 cm³/mol. The molecule has 0 unspecified atom stereocenters. The van der Waals surface area contributed by atoms with Crippen LogP contribution < -0.4 is 0 Å². The summed E-state index contributed by atoms with van der Waals surface area (Å²) >= 11 is 6.04. The average Bonchev–Trinajstić information content (AvgIpc) is 2.85. The lowest BCUT2D eigenvalue weighted by Crippen LogP contribution is -2.27. The molecule has 3 rings (SSSR count). The summed E-state index contributed by atoms with van der Waals surface area (Å²) in [6, 6.07) is 11.4. The van der Waals surface area contributed by atoms with Crippen LogP contribution in [0.1, 0.15) is 20.8 Å². The fourth-order valence-electron chi connectivity index (χ4n) is 2.42. The molecule has 0 radical (unpaired) electrons. The molecular formula is C18H17ClN2O2. The lowest BCUT2D eigenvalue weighted by molar-refractivity contribution is 0.0547. The molecule has 4 nitrogen and oxygen atoms in total. The van der Waals surface area contributed by atoms with Crippen molar-refractivity contribution in [3.05, 3.63) is 53.8 Å². The maximum Gasteiger partial charge on any atom is 0.419 e. The number of pyridine rings is 1. The van der Waals surface area contributed by atoms with E-state index in [1.165, 1.54) is 0 Å². The van der Waals surface area contributed by atoms with Gasteiger partial charge in [-0.05, 0) is 39.0 Å². The Hall–Kier alpha value is -2.33. The molecule has 0 fully saturated rings. The summed E-state index contributed by atoms with van der Waals surface area (Å²) in [5.74, 6) is 0. The zero-order chi connectivity index (χ0) is 16.6. The predicted octanol–water partition coefficient (Wildman–Crippen LogP) is 5.14. The van der Waals surface area contributed by atoms with Crippen molar-refractivity contribution in [1.82, 2.24) is 9.55 Å². The molecule has 0 saturated heterocycles. The summed E-state index contributed by atoms with van der Waals surface area (Å²) < 4.78 is 7.12. The van der Waals surface area contributed by atoms with Gasteiger partial charge in [0.15, 0.2) is 0 Å². The summed E-state index contributed by atoms with van der Waals surface area (Å²) in [5, 5.41) is 1.47. The van der Waals surface area contributed by atoms with E-state index in [1.54, 1.807) is 23.0 Å². The number of hydrogen-bond donors (Lipinski definition) is 0. The quantitative estimate of drug-likeness (QED) is 0.621. The third kappa shape index (κ3) is 3.22. The summed E-state index contributed by atoms with van der Waals surface area (Å²) in [6.45, 7) is 5.53. The normalized spacial score (nSPS) is 11.7. The molecule has 3 aromatic rings. The monoisotopic (exact) mass is 328 g/mol. The minimum Gasteiger partial charge on any atom is -0.443 e. The molecule has 0 spiro atoms. The Labute approximate surface area is 139 Å². The molecule has 1 aromatic carbocycles. The van der Waals surface area contributed by atoms with E-state index in [1.807, 2.05) is 51.1 Å². The zero-order valence-corrected chi connectivity index (χ0v) is 14.0. The van der Waals surface area contributed by atoms with Crippen molar-refractivity contribution >= 4 is 28.6 Å². The van der Waals surface area contributed by atoms with Gasteiger partial charge in [0.05, 0.1) is 16.2 Å². The number of carbonyl (C=O) groups is 1. The lowest BCUT2D eigenvalue weighted by Gasteiger charge is -2.21. The molecule has 5 heteroatoms. The van der Waals surface area contributed by atoms with Gasteiger partial charge in [-0.1, -0.05) is 29.8 Å². The van der Waals surface area contributed by atoms with Crippen molar-refractivity contribution in [1.29, 1.82) is 0 Å². The second kappa shape index (κ2) is 5.70. The van der Waals surface area contributed by atoms with Gasteiger partial charge in [0, 0.05) is 23.3 Å². The largest absolute Gasteiger partial charge is 0.443 e. The van der Waals surface area contributed by atoms with Crippen LogP contribution in [0.15, 0.2) is 48.8 Å². The number of halogens is 1. The van der Waals surface area contributed by atoms with Crippen molar-refractivity contribution in [2.24, 2.45) is 0 Å². The highest BCUT2D eigenvalue weighted by molar-refractivity contribution is 6.30. The SMILES string of the molecule is CC(C)(C)OC(=O)n1c(-c2cncc(Cl)c2)cc2ccccc21. The molecule has 0 aliphatic carbocycles. The van der Waals surface area contributed by atoms with E-state index >= 15 is 0 Å². The minimum atomic E-state index is -0.577. The summed E-state index contributed by atoms with van der Waals surface area (Å²) in [4.78, 5) is 16.8. The number of nitrogens with zero attached hydrogens (tertiary/aromatic N) is 2. The number of aromatic nitrogens is 2. The van der Waals surface area contributed by atoms with E-state index < -0.39 is 11.7 Å². The minimum absolute atomic E-state index is 0.423. The van der Waals surface area contributed by atoms with Crippen molar-refractivity contribution in [2.75, 3.05) is 0 Å². The van der Waals surface area contributed by atoms with E-state index in [0.29, 0.717) is 10.7 Å². The molecule has 118 valence electrons. The maximum atomic E-state index is 12.7. The van der Waals surface area contributed by atoms with E-state index in [4.69, 9.17) is 16.3 Å². The molecule has 0 amide bonds. The molecule has 0 N–H and O–H groups in total. The van der Waals surface area contributed by atoms with E-state index in [0.717, 1.165) is 16.5 Å². The molecule has 0 aliphatic heterocycles. The van der Waals surface area contributed by atoms with Gasteiger partial charge in [-0.15, -0.1) is 0 Å². The van der Waals surface area contributed by atoms with Gasteiger partial charge in [-0.2, -0.15) is 0 Å². The highest BCUT2D eigenvalue weighted by atomic mass is 35.5. The van der Waals surface area contributed by atoms with E-state index in [2.05, 4.69) is 4.98 Å². The van der Waals surface area contributed by atoms with Crippen LogP contribution in [0.5, 0.6) is 0 Å². The van der Waals surface area contributed by atoms with Crippen LogP contribution in [0.4, 0.5) is 4.79 Å². The van der Waals surface area contributed by atoms with Crippen LogP contribution in [-0.4, -0.2) is 21.2 Å². The lowest BCUT2D eigenvalue weighted by atomic mass is 10.2. The van der Waals surface area contributed by atoms with Crippen molar-refractivity contribution in [2.45, 2.75) is 26.4 Å². The van der Waals surface area contributed by atoms with Gasteiger partial charge < -0.3 is 4.74 Å². The Morgan fingerprint density at radius 3 is 2.61 bits per heavy atom. The highest BCUT2D eigenvalue weighted by Crippen LogP contribution is 2.30. The smallest absolute Gasteiger partial charge is 0.419 e. The standard InChI is InChI=1S/C18H17ClN2O2/c1-18(2,3)23-17(22)21-15-7-5-4-6-12(15)9-16(21)13-8-14(19)11-20-10-13/h4-11H,1-3H3. The van der Waals surface area contributed by atoms with Gasteiger partial charge in [0.1, 0.15) is 5.60 Å². The summed E-state index contributed by atoms with van der Waals surface area (Å²) in [5.41, 5.74) is 1.68. The van der Waals surface area contributed by atoms with Gasteiger partial charge in [-0.3, -0.25) is 4.98 Å². The first-order valence-corrected chi connectivity index (χ1v) is 7.68. The third-order valence-electron chi connectivity index (χ3n) is 3.29. The number of rotatable bonds is 1. The molecule has 23 heavy (non-hydrogen) atoms. The van der Waals surface area contributed by atoms with Crippen LogP contribution >= 0.6 is 11.6 Å².